The standard InChI is InChI=1S/C17H19N3O4/c21-17(19-15-8-4-9-16(12-15)20(22)23)24-11-5-10-18-13-14-6-2-1-3-7-14/h1-4,6-9,12,18H,5,10-11,13H2,(H,19,21). The van der Waals surface area contributed by atoms with Crippen molar-refractivity contribution in [1.82, 2.24) is 5.32 Å². The fourth-order valence-electron chi connectivity index (χ4n) is 2.04. The Labute approximate surface area is 139 Å². The highest BCUT2D eigenvalue weighted by Gasteiger charge is 2.08. The Morgan fingerprint density at radius 2 is 1.92 bits per heavy atom. The normalized spacial score (nSPS) is 10.2. The molecule has 0 aliphatic carbocycles. The van der Waals surface area contributed by atoms with Crippen LogP contribution in [-0.4, -0.2) is 24.2 Å². The number of amides is 1. The van der Waals surface area contributed by atoms with Crippen LogP contribution in [-0.2, 0) is 11.3 Å². The first-order valence-electron chi connectivity index (χ1n) is 7.58. The molecule has 0 fully saturated rings. The summed E-state index contributed by atoms with van der Waals surface area (Å²) < 4.78 is 5.04. The van der Waals surface area contributed by atoms with Gasteiger partial charge in [-0.05, 0) is 24.6 Å². The molecule has 0 radical (unpaired) electrons. The SMILES string of the molecule is O=C(Nc1cccc([N+](=O)[O-])c1)OCCCNCc1ccccc1. The summed E-state index contributed by atoms with van der Waals surface area (Å²) in [5.41, 5.74) is 1.44. The van der Waals surface area contributed by atoms with E-state index in [9.17, 15) is 14.9 Å². The van der Waals surface area contributed by atoms with Crippen LogP contribution >= 0.6 is 0 Å². The molecule has 24 heavy (non-hydrogen) atoms. The average molecular weight is 329 g/mol. The average Bonchev–Trinajstić information content (AvgIpc) is 2.59. The minimum Gasteiger partial charge on any atom is -0.449 e. The van der Waals surface area contributed by atoms with Crippen LogP contribution in [0.3, 0.4) is 0 Å². The molecule has 0 saturated heterocycles. The van der Waals surface area contributed by atoms with Gasteiger partial charge in [-0.25, -0.2) is 4.79 Å². The van der Waals surface area contributed by atoms with E-state index in [1.165, 1.54) is 23.8 Å². The first-order chi connectivity index (χ1) is 11.6. The van der Waals surface area contributed by atoms with Crippen molar-refractivity contribution in [1.29, 1.82) is 0 Å². The number of benzene rings is 2. The van der Waals surface area contributed by atoms with Crippen molar-refractivity contribution >= 4 is 17.5 Å². The number of ether oxygens (including phenoxy) is 1. The molecule has 126 valence electrons. The Bertz CT molecular complexity index is 677. The van der Waals surface area contributed by atoms with E-state index in [2.05, 4.69) is 10.6 Å². The lowest BCUT2D eigenvalue weighted by Crippen LogP contribution is -2.19. The summed E-state index contributed by atoms with van der Waals surface area (Å²) in [6.07, 6.45) is 0.0494. The quantitative estimate of drug-likeness (QED) is 0.440. The molecular weight excluding hydrogens is 310 g/mol. The monoisotopic (exact) mass is 329 g/mol. The zero-order valence-corrected chi connectivity index (χ0v) is 13.1. The summed E-state index contributed by atoms with van der Waals surface area (Å²) in [7, 11) is 0. The number of rotatable bonds is 8. The Morgan fingerprint density at radius 3 is 2.67 bits per heavy atom. The van der Waals surface area contributed by atoms with Gasteiger partial charge in [0.2, 0.25) is 0 Å². The molecule has 0 saturated carbocycles. The van der Waals surface area contributed by atoms with E-state index in [0.29, 0.717) is 12.1 Å². The number of non-ortho nitro benzene ring substituents is 1. The van der Waals surface area contributed by atoms with Crippen LogP contribution in [0.1, 0.15) is 12.0 Å². The molecule has 0 unspecified atom stereocenters. The lowest BCUT2D eigenvalue weighted by Gasteiger charge is -2.08. The van der Waals surface area contributed by atoms with Crippen molar-refractivity contribution in [2.45, 2.75) is 13.0 Å². The van der Waals surface area contributed by atoms with Crippen molar-refractivity contribution in [2.24, 2.45) is 0 Å². The molecule has 0 atom stereocenters. The van der Waals surface area contributed by atoms with Crippen LogP contribution in [0.15, 0.2) is 54.6 Å². The van der Waals surface area contributed by atoms with Gasteiger partial charge in [0.1, 0.15) is 0 Å². The molecule has 2 aromatic rings. The van der Waals surface area contributed by atoms with Gasteiger partial charge in [-0.1, -0.05) is 36.4 Å². The number of nitro benzene ring substituents is 1. The molecule has 2 N–H and O–H groups in total. The van der Waals surface area contributed by atoms with E-state index in [1.807, 2.05) is 30.3 Å². The minimum atomic E-state index is -0.626. The molecule has 0 bridgehead atoms. The van der Waals surface area contributed by atoms with E-state index < -0.39 is 11.0 Å². The highest BCUT2D eigenvalue weighted by molar-refractivity contribution is 5.85. The van der Waals surface area contributed by atoms with Gasteiger partial charge in [0.25, 0.3) is 5.69 Å². The molecule has 7 nitrogen and oxygen atoms in total. The fraction of sp³-hybridized carbons (Fsp3) is 0.235. The van der Waals surface area contributed by atoms with Crippen LogP contribution < -0.4 is 10.6 Å². The van der Waals surface area contributed by atoms with E-state index in [0.717, 1.165) is 13.1 Å². The van der Waals surface area contributed by atoms with Crippen LogP contribution in [0, 0.1) is 10.1 Å². The highest BCUT2D eigenvalue weighted by atomic mass is 16.6. The van der Waals surface area contributed by atoms with E-state index >= 15 is 0 Å². The summed E-state index contributed by atoms with van der Waals surface area (Å²) in [4.78, 5) is 21.8. The summed E-state index contributed by atoms with van der Waals surface area (Å²) >= 11 is 0. The Morgan fingerprint density at radius 1 is 1.12 bits per heavy atom. The van der Waals surface area contributed by atoms with Crippen LogP contribution in [0.5, 0.6) is 0 Å². The van der Waals surface area contributed by atoms with Crippen molar-refractivity contribution in [3.8, 4) is 0 Å². The van der Waals surface area contributed by atoms with Gasteiger partial charge in [0, 0.05) is 18.7 Å². The van der Waals surface area contributed by atoms with Crippen LogP contribution in [0.4, 0.5) is 16.2 Å². The van der Waals surface area contributed by atoms with Crippen molar-refractivity contribution in [3.63, 3.8) is 0 Å². The van der Waals surface area contributed by atoms with Gasteiger partial charge in [-0.15, -0.1) is 0 Å². The second-order valence-electron chi connectivity index (χ2n) is 5.08. The second-order valence-corrected chi connectivity index (χ2v) is 5.08. The van der Waals surface area contributed by atoms with Gasteiger partial charge >= 0.3 is 6.09 Å². The molecule has 0 heterocycles. The molecule has 0 spiro atoms. The number of hydrogen-bond acceptors (Lipinski definition) is 5. The van der Waals surface area contributed by atoms with Crippen LogP contribution in [0.2, 0.25) is 0 Å². The number of carbonyl (C=O) groups is 1. The Hall–Kier alpha value is -2.93. The third-order valence-corrected chi connectivity index (χ3v) is 3.21. The molecule has 0 aliphatic heterocycles. The molecule has 0 aliphatic rings. The fourth-order valence-corrected chi connectivity index (χ4v) is 2.04. The van der Waals surface area contributed by atoms with Crippen molar-refractivity contribution in [2.75, 3.05) is 18.5 Å². The summed E-state index contributed by atoms with van der Waals surface area (Å²) in [6, 6.07) is 15.7. The molecule has 0 aromatic heterocycles. The van der Waals surface area contributed by atoms with Gasteiger partial charge < -0.3 is 10.1 Å². The van der Waals surface area contributed by atoms with Crippen LogP contribution in [0.25, 0.3) is 0 Å². The van der Waals surface area contributed by atoms with Gasteiger partial charge in [0.05, 0.1) is 17.2 Å². The molecule has 2 aromatic carbocycles. The number of carbonyl (C=O) groups excluding carboxylic acids is 1. The maximum absolute atomic E-state index is 11.6. The molecule has 1 amide bonds. The van der Waals surface area contributed by atoms with Crippen molar-refractivity contribution in [3.05, 3.63) is 70.3 Å². The third kappa shape index (κ3) is 6.05. The highest BCUT2D eigenvalue weighted by Crippen LogP contribution is 2.17. The first kappa shape index (κ1) is 17.4. The maximum atomic E-state index is 11.6. The summed E-state index contributed by atoms with van der Waals surface area (Å²) in [5, 5.41) is 16.4. The maximum Gasteiger partial charge on any atom is 0.411 e. The number of anilines is 1. The Balaban J connectivity index is 1.61. The molecule has 2 rings (SSSR count). The zero-order chi connectivity index (χ0) is 17.2. The number of nitrogens with zero attached hydrogens (tertiary/aromatic N) is 1. The Kier molecular flexibility index (Phi) is 6.73. The largest absolute Gasteiger partial charge is 0.449 e. The lowest BCUT2D eigenvalue weighted by atomic mass is 10.2. The minimum absolute atomic E-state index is 0.0853. The summed E-state index contributed by atoms with van der Waals surface area (Å²) in [5.74, 6) is 0. The smallest absolute Gasteiger partial charge is 0.411 e. The summed E-state index contributed by atoms with van der Waals surface area (Å²) in [6.45, 7) is 1.75. The first-order valence-corrected chi connectivity index (χ1v) is 7.58. The lowest BCUT2D eigenvalue weighted by molar-refractivity contribution is -0.384. The number of nitrogens with one attached hydrogen (secondary N) is 2. The number of hydrogen-bond donors (Lipinski definition) is 2. The predicted octanol–water partition coefficient (Wildman–Crippen LogP) is 3.32. The van der Waals surface area contributed by atoms with Gasteiger partial charge in [-0.3, -0.25) is 15.4 Å². The molecular formula is C17H19N3O4. The van der Waals surface area contributed by atoms with E-state index in [4.69, 9.17) is 4.74 Å². The van der Waals surface area contributed by atoms with Crippen molar-refractivity contribution < 1.29 is 14.5 Å². The zero-order valence-electron chi connectivity index (χ0n) is 13.1. The third-order valence-electron chi connectivity index (χ3n) is 3.21. The van der Waals surface area contributed by atoms with Gasteiger partial charge in [0.15, 0.2) is 0 Å². The van der Waals surface area contributed by atoms with E-state index in [-0.39, 0.29) is 12.3 Å². The van der Waals surface area contributed by atoms with E-state index in [1.54, 1.807) is 6.07 Å². The second kappa shape index (κ2) is 9.26. The topological polar surface area (TPSA) is 93.5 Å². The predicted molar refractivity (Wildman–Crippen MR) is 90.8 cm³/mol. The molecule has 7 heteroatoms. The van der Waals surface area contributed by atoms with Gasteiger partial charge in [-0.2, -0.15) is 0 Å². The number of nitro groups is 1.